The van der Waals surface area contributed by atoms with E-state index in [1.54, 1.807) is 12.4 Å². The van der Waals surface area contributed by atoms with Crippen molar-refractivity contribution in [3.8, 4) is 5.88 Å². The smallest absolute Gasteiger partial charge is 0.232 e. The van der Waals surface area contributed by atoms with Crippen LogP contribution in [0.4, 0.5) is 0 Å². The van der Waals surface area contributed by atoms with Gasteiger partial charge in [0.15, 0.2) is 0 Å². The number of rotatable bonds is 6. The topological polar surface area (TPSA) is 38.2 Å². The number of hydrogen-bond donors (Lipinski definition) is 0. The highest BCUT2D eigenvalue weighted by molar-refractivity contribution is 6.16. The molecule has 0 saturated carbocycles. The van der Waals surface area contributed by atoms with Crippen LogP contribution >= 0.6 is 11.6 Å². The zero-order chi connectivity index (χ0) is 11.1. The first-order valence-electron chi connectivity index (χ1n) is 4.87. The predicted octanol–water partition coefficient (Wildman–Crippen LogP) is 1.55. The second-order valence-corrected chi connectivity index (χ2v) is 3.75. The van der Waals surface area contributed by atoms with Gasteiger partial charge in [0.05, 0.1) is 24.4 Å². The van der Waals surface area contributed by atoms with Crippen LogP contribution in [0.15, 0.2) is 12.4 Å². The maximum absolute atomic E-state index is 5.64. The molecule has 0 aliphatic heterocycles. The SMILES string of the molecule is CN(C)CCCOc1cncc(CCl)n1. The van der Waals surface area contributed by atoms with Gasteiger partial charge in [0.1, 0.15) is 0 Å². The van der Waals surface area contributed by atoms with Gasteiger partial charge < -0.3 is 9.64 Å². The summed E-state index contributed by atoms with van der Waals surface area (Å²) in [7, 11) is 4.07. The molecule has 0 amide bonds. The average Bonchev–Trinajstić information content (AvgIpc) is 2.24. The summed E-state index contributed by atoms with van der Waals surface area (Å²) in [6.45, 7) is 1.65. The van der Waals surface area contributed by atoms with Crippen molar-refractivity contribution in [2.24, 2.45) is 0 Å². The third-order valence-electron chi connectivity index (χ3n) is 1.80. The Kier molecular flexibility index (Phi) is 5.36. The highest BCUT2D eigenvalue weighted by Crippen LogP contribution is 2.07. The van der Waals surface area contributed by atoms with Crippen molar-refractivity contribution in [3.63, 3.8) is 0 Å². The van der Waals surface area contributed by atoms with Crippen molar-refractivity contribution in [1.82, 2.24) is 14.9 Å². The van der Waals surface area contributed by atoms with Crippen LogP contribution in [0.3, 0.4) is 0 Å². The summed E-state index contributed by atoms with van der Waals surface area (Å²) in [5.41, 5.74) is 0.738. The number of alkyl halides is 1. The Morgan fingerprint density at radius 1 is 1.40 bits per heavy atom. The maximum atomic E-state index is 5.64. The lowest BCUT2D eigenvalue weighted by molar-refractivity contribution is 0.271. The van der Waals surface area contributed by atoms with E-state index in [9.17, 15) is 0 Å². The molecule has 1 rings (SSSR count). The molecule has 1 aromatic heterocycles. The van der Waals surface area contributed by atoms with Crippen LogP contribution in [0, 0.1) is 0 Å². The van der Waals surface area contributed by atoms with Crippen molar-refractivity contribution in [2.75, 3.05) is 27.2 Å². The number of nitrogens with zero attached hydrogens (tertiary/aromatic N) is 3. The molecule has 0 saturated heterocycles. The van der Waals surface area contributed by atoms with Gasteiger partial charge in [0.25, 0.3) is 0 Å². The molecule has 0 aliphatic carbocycles. The Bertz CT molecular complexity index is 294. The van der Waals surface area contributed by atoms with Gasteiger partial charge in [-0.3, -0.25) is 4.98 Å². The van der Waals surface area contributed by atoms with Gasteiger partial charge in [-0.05, 0) is 20.5 Å². The number of aromatic nitrogens is 2. The fourth-order valence-electron chi connectivity index (χ4n) is 1.08. The molecule has 0 fully saturated rings. The summed E-state index contributed by atoms with van der Waals surface area (Å²) in [4.78, 5) is 10.3. The first-order valence-corrected chi connectivity index (χ1v) is 5.40. The molecule has 0 atom stereocenters. The Morgan fingerprint density at radius 3 is 2.87 bits per heavy atom. The first kappa shape index (κ1) is 12.2. The molecule has 0 N–H and O–H groups in total. The monoisotopic (exact) mass is 229 g/mol. The zero-order valence-corrected chi connectivity index (χ0v) is 9.87. The van der Waals surface area contributed by atoms with E-state index in [-0.39, 0.29) is 0 Å². The second-order valence-electron chi connectivity index (χ2n) is 3.49. The molecule has 0 bridgehead atoms. The standard InChI is InChI=1S/C10H16ClN3O/c1-14(2)4-3-5-15-10-8-12-7-9(6-11)13-10/h7-8H,3-6H2,1-2H3. The van der Waals surface area contributed by atoms with Crippen LogP contribution < -0.4 is 4.74 Å². The first-order chi connectivity index (χ1) is 7.22. The minimum Gasteiger partial charge on any atom is -0.477 e. The summed E-state index contributed by atoms with van der Waals surface area (Å²) >= 11 is 5.64. The Hall–Kier alpha value is -0.870. The van der Waals surface area contributed by atoms with Crippen LogP contribution in [-0.2, 0) is 5.88 Å². The van der Waals surface area contributed by atoms with Gasteiger partial charge in [-0.1, -0.05) is 0 Å². The van der Waals surface area contributed by atoms with E-state index in [0.29, 0.717) is 18.4 Å². The third kappa shape index (κ3) is 4.95. The van der Waals surface area contributed by atoms with E-state index in [1.165, 1.54) is 0 Å². The van der Waals surface area contributed by atoms with Crippen molar-refractivity contribution in [1.29, 1.82) is 0 Å². The van der Waals surface area contributed by atoms with Gasteiger partial charge in [0, 0.05) is 12.7 Å². The molecular formula is C10H16ClN3O. The fourth-order valence-corrected chi connectivity index (χ4v) is 1.21. The van der Waals surface area contributed by atoms with Gasteiger partial charge >= 0.3 is 0 Å². The number of halogens is 1. The lowest BCUT2D eigenvalue weighted by Crippen LogP contribution is -2.15. The second kappa shape index (κ2) is 6.58. The maximum Gasteiger partial charge on any atom is 0.232 e. The van der Waals surface area contributed by atoms with E-state index in [2.05, 4.69) is 14.9 Å². The van der Waals surface area contributed by atoms with E-state index in [0.717, 1.165) is 18.7 Å². The average molecular weight is 230 g/mol. The largest absolute Gasteiger partial charge is 0.477 e. The lowest BCUT2D eigenvalue weighted by atomic mass is 10.4. The van der Waals surface area contributed by atoms with Gasteiger partial charge in [-0.15, -0.1) is 11.6 Å². The van der Waals surface area contributed by atoms with Crippen LogP contribution in [0.1, 0.15) is 12.1 Å². The van der Waals surface area contributed by atoms with Crippen LogP contribution in [0.2, 0.25) is 0 Å². The van der Waals surface area contributed by atoms with Crippen molar-refractivity contribution in [3.05, 3.63) is 18.1 Å². The highest BCUT2D eigenvalue weighted by Gasteiger charge is 1.98. The normalized spacial score (nSPS) is 10.7. The Balaban J connectivity index is 2.30. The highest BCUT2D eigenvalue weighted by atomic mass is 35.5. The third-order valence-corrected chi connectivity index (χ3v) is 2.07. The van der Waals surface area contributed by atoms with Crippen molar-refractivity contribution in [2.45, 2.75) is 12.3 Å². The van der Waals surface area contributed by atoms with Gasteiger partial charge in [-0.25, -0.2) is 4.98 Å². The lowest BCUT2D eigenvalue weighted by Gasteiger charge is -2.09. The Labute approximate surface area is 95.2 Å². The van der Waals surface area contributed by atoms with Crippen LogP contribution in [0.5, 0.6) is 5.88 Å². The van der Waals surface area contributed by atoms with Gasteiger partial charge in [-0.2, -0.15) is 0 Å². The molecular weight excluding hydrogens is 214 g/mol. The summed E-state index contributed by atoms with van der Waals surface area (Å²) in [6.07, 6.45) is 4.21. The summed E-state index contributed by atoms with van der Waals surface area (Å²) in [6, 6.07) is 0. The van der Waals surface area contributed by atoms with Crippen LogP contribution in [0.25, 0.3) is 0 Å². The summed E-state index contributed by atoms with van der Waals surface area (Å²) < 4.78 is 5.44. The quantitative estimate of drug-likeness (QED) is 0.548. The summed E-state index contributed by atoms with van der Waals surface area (Å²) in [5.74, 6) is 0.911. The predicted molar refractivity (Wildman–Crippen MR) is 60.3 cm³/mol. The molecule has 84 valence electrons. The van der Waals surface area contributed by atoms with Crippen LogP contribution in [-0.4, -0.2) is 42.1 Å². The number of hydrogen-bond acceptors (Lipinski definition) is 4. The van der Waals surface area contributed by atoms with E-state index < -0.39 is 0 Å². The zero-order valence-electron chi connectivity index (χ0n) is 9.11. The van der Waals surface area contributed by atoms with E-state index in [1.807, 2.05) is 14.1 Å². The van der Waals surface area contributed by atoms with E-state index >= 15 is 0 Å². The van der Waals surface area contributed by atoms with Crippen molar-refractivity contribution < 1.29 is 4.74 Å². The van der Waals surface area contributed by atoms with Gasteiger partial charge in [0.2, 0.25) is 5.88 Å². The molecule has 0 spiro atoms. The van der Waals surface area contributed by atoms with E-state index in [4.69, 9.17) is 16.3 Å². The minimum atomic E-state index is 0.363. The van der Waals surface area contributed by atoms with Crippen molar-refractivity contribution >= 4 is 11.6 Å². The molecule has 1 heterocycles. The minimum absolute atomic E-state index is 0.363. The molecule has 0 radical (unpaired) electrons. The Morgan fingerprint density at radius 2 is 2.20 bits per heavy atom. The molecule has 0 aliphatic rings. The molecule has 5 heteroatoms. The molecule has 0 aromatic carbocycles. The summed E-state index contributed by atoms with van der Waals surface area (Å²) in [5, 5.41) is 0. The molecule has 1 aromatic rings. The molecule has 0 unspecified atom stereocenters. The molecule has 4 nitrogen and oxygen atoms in total. The number of ether oxygens (including phenoxy) is 1. The molecule has 15 heavy (non-hydrogen) atoms. The fraction of sp³-hybridized carbons (Fsp3) is 0.600.